The van der Waals surface area contributed by atoms with Gasteiger partial charge in [0.2, 0.25) is 0 Å². The minimum absolute atomic E-state index is 0.00556. The number of hydrogen-bond donors (Lipinski definition) is 1. The van der Waals surface area contributed by atoms with E-state index in [1.165, 1.54) is 12.8 Å². The van der Waals surface area contributed by atoms with Gasteiger partial charge in [-0.3, -0.25) is 4.79 Å². The second-order valence-electron chi connectivity index (χ2n) is 4.63. The average Bonchev–Trinajstić information content (AvgIpc) is 3.13. The Morgan fingerprint density at radius 2 is 2.39 bits per heavy atom. The number of anilines is 1. The Labute approximate surface area is 107 Å². The molecule has 1 fully saturated rings. The van der Waals surface area contributed by atoms with Gasteiger partial charge < -0.3 is 10.1 Å². The largest absolute Gasteiger partial charge is 0.466 e. The van der Waals surface area contributed by atoms with E-state index in [4.69, 9.17) is 4.74 Å². The number of ether oxygens (including phenoxy) is 1. The lowest BCUT2D eigenvalue weighted by atomic mass is 10.2. The van der Waals surface area contributed by atoms with Crippen molar-refractivity contribution in [2.24, 2.45) is 0 Å². The molecular weight excluding hydrogens is 230 g/mol. The maximum Gasteiger partial charge on any atom is 0.307 e. The molecule has 1 saturated carbocycles. The molecule has 98 valence electrons. The smallest absolute Gasteiger partial charge is 0.307 e. The molecule has 1 atom stereocenters. The van der Waals surface area contributed by atoms with E-state index in [0.29, 0.717) is 18.9 Å². The summed E-state index contributed by atoms with van der Waals surface area (Å²) >= 11 is 0. The van der Waals surface area contributed by atoms with Crippen molar-refractivity contribution in [2.45, 2.75) is 45.1 Å². The molecule has 1 heterocycles. The Bertz CT molecular complexity index is 418. The Kier molecular flexibility index (Phi) is 4.12. The highest BCUT2D eigenvalue weighted by atomic mass is 16.5. The Balaban J connectivity index is 1.87. The maximum absolute atomic E-state index is 11.3. The van der Waals surface area contributed by atoms with Crippen molar-refractivity contribution in [3.8, 4) is 0 Å². The molecule has 1 N–H and O–H groups in total. The maximum atomic E-state index is 11.3. The van der Waals surface area contributed by atoms with Gasteiger partial charge >= 0.3 is 5.97 Å². The van der Waals surface area contributed by atoms with Gasteiger partial charge in [0.25, 0.3) is 0 Å². The van der Waals surface area contributed by atoms with Crippen molar-refractivity contribution in [3.63, 3.8) is 0 Å². The van der Waals surface area contributed by atoms with Crippen molar-refractivity contribution in [2.75, 3.05) is 11.9 Å². The summed E-state index contributed by atoms with van der Waals surface area (Å²) in [7, 11) is 0. The van der Waals surface area contributed by atoms with E-state index < -0.39 is 0 Å². The SMILES string of the molecule is CCOC(=O)CC(C)Nc1ccnc(C2CC2)n1. The van der Waals surface area contributed by atoms with Gasteiger partial charge in [0.1, 0.15) is 11.6 Å². The molecule has 0 bridgehead atoms. The van der Waals surface area contributed by atoms with Gasteiger partial charge in [-0.1, -0.05) is 0 Å². The van der Waals surface area contributed by atoms with Crippen molar-refractivity contribution in [1.29, 1.82) is 0 Å². The third-order valence-corrected chi connectivity index (χ3v) is 2.79. The predicted molar refractivity (Wildman–Crippen MR) is 68.3 cm³/mol. The van der Waals surface area contributed by atoms with Crippen molar-refractivity contribution in [1.82, 2.24) is 9.97 Å². The van der Waals surface area contributed by atoms with Crippen molar-refractivity contribution in [3.05, 3.63) is 18.1 Å². The number of nitrogens with zero attached hydrogens (tertiary/aromatic N) is 2. The molecule has 0 amide bonds. The molecule has 5 nitrogen and oxygen atoms in total. The lowest BCUT2D eigenvalue weighted by Crippen LogP contribution is -2.21. The molecule has 18 heavy (non-hydrogen) atoms. The standard InChI is InChI=1S/C13H19N3O2/c1-3-18-12(17)8-9(2)15-11-6-7-14-13(16-11)10-4-5-10/h6-7,9-10H,3-5,8H2,1-2H3,(H,14,15,16). The van der Waals surface area contributed by atoms with Crippen LogP contribution in [0, 0.1) is 0 Å². The molecule has 0 aliphatic heterocycles. The van der Waals surface area contributed by atoms with Crippen LogP contribution in [0.3, 0.4) is 0 Å². The highest BCUT2D eigenvalue weighted by molar-refractivity contribution is 5.70. The first kappa shape index (κ1) is 12.8. The second-order valence-corrected chi connectivity index (χ2v) is 4.63. The fraction of sp³-hybridized carbons (Fsp3) is 0.615. The highest BCUT2D eigenvalue weighted by Crippen LogP contribution is 2.38. The average molecular weight is 249 g/mol. The fourth-order valence-electron chi connectivity index (χ4n) is 1.77. The highest BCUT2D eigenvalue weighted by Gasteiger charge is 2.26. The zero-order valence-electron chi connectivity index (χ0n) is 10.8. The summed E-state index contributed by atoms with van der Waals surface area (Å²) < 4.78 is 4.91. The van der Waals surface area contributed by atoms with Crippen LogP contribution >= 0.6 is 0 Å². The van der Waals surface area contributed by atoms with Gasteiger partial charge in [0.15, 0.2) is 0 Å². The summed E-state index contributed by atoms with van der Waals surface area (Å²) in [4.78, 5) is 20.0. The zero-order valence-corrected chi connectivity index (χ0v) is 10.8. The monoisotopic (exact) mass is 249 g/mol. The van der Waals surface area contributed by atoms with E-state index in [1.807, 2.05) is 19.9 Å². The van der Waals surface area contributed by atoms with Gasteiger partial charge in [0.05, 0.1) is 13.0 Å². The third kappa shape index (κ3) is 3.68. The van der Waals surface area contributed by atoms with Crippen LogP contribution in [-0.4, -0.2) is 28.6 Å². The number of aromatic nitrogens is 2. The molecule has 1 aromatic rings. The molecule has 2 rings (SSSR count). The van der Waals surface area contributed by atoms with Gasteiger partial charge in [0, 0.05) is 18.2 Å². The normalized spacial score (nSPS) is 16.1. The lowest BCUT2D eigenvalue weighted by Gasteiger charge is -2.13. The minimum Gasteiger partial charge on any atom is -0.466 e. The molecule has 0 radical (unpaired) electrons. The summed E-state index contributed by atoms with van der Waals surface area (Å²) in [5, 5.41) is 3.20. The summed E-state index contributed by atoms with van der Waals surface area (Å²) in [6.45, 7) is 4.17. The molecule has 1 aliphatic carbocycles. The predicted octanol–water partition coefficient (Wildman–Crippen LogP) is 2.11. The topological polar surface area (TPSA) is 64.1 Å². The first-order valence-electron chi connectivity index (χ1n) is 6.44. The molecule has 5 heteroatoms. The molecule has 0 aromatic carbocycles. The molecular formula is C13H19N3O2. The second kappa shape index (κ2) is 5.80. The van der Waals surface area contributed by atoms with Crippen LogP contribution in [0.2, 0.25) is 0 Å². The zero-order chi connectivity index (χ0) is 13.0. The third-order valence-electron chi connectivity index (χ3n) is 2.79. The fourth-order valence-corrected chi connectivity index (χ4v) is 1.77. The van der Waals surface area contributed by atoms with Gasteiger partial charge in [-0.25, -0.2) is 9.97 Å². The van der Waals surface area contributed by atoms with Crippen molar-refractivity contribution < 1.29 is 9.53 Å². The number of carbonyl (C=O) groups excluding carboxylic acids is 1. The van der Waals surface area contributed by atoms with Crippen LogP contribution in [-0.2, 0) is 9.53 Å². The van der Waals surface area contributed by atoms with E-state index >= 15 is 0 Å². The Morgan fingerprint density at radius 3 is 3.06 bits per heavy atom. The number of hydrogen-bond acceptors (Lipinski definition) is 5. The van der Waals surface area contributed by atoms with Crippen LogP contribution in [0.1, 0.15) is 44.9 Å². The van der Waals surface area contributed by atoms with Crippen LogP contribution in [0.25, 0.3) is 0 Å². The van der Waals surface area contributed by atoms with Crippen LogP contribution in [0.5, 0.6) is 0 Å². The Morgan fingerprint density at radius 1 is 1.61 bits per heavy atom. The number of esters is 1. The molecule has 0 saturated heterocycles. The Hall–Kier alpha value is -1.65. The first-order valence-corrected chi connectivity index (χ1v) is 6.44. The number of nitrogens with one attached hydrogen (secondary N) is 1. The molecule has 0 spiro atoms. The van der Waals surface area contributed by atoms with Crippen LogP contribution in [0.4, 0.5) is 5.82 Å². The van der Waals surface area contributed by atoms with E-state index in [2.05, 4.69) is 15.3 Å². The van der Waals surface area contributed by atoms with Crippen LogP contribution in [0.15, 0.2) is 12.3 Å². The summed E-state index contributed by atoms with van der Waals surface area (Å²) in [6.07, 6.45) is 4.47. The summed E-state index contributed by atoms with van der Waals surface area (Å²) in [5.74, 6) is 2.04. The van der Waals surface area contributed by atoms with Gasteiger partial charge in [-0.2, -0.15) is 0 Å². The van der Waals surface area contributed by atoms with Gasteiger partial charge in [-0.15, -0.1) is 0 Å². The summed E-state index contributed by atoms with van der Waals surface area (Å²) in [5.41, 5.74) is 0. The molecule has 1 unspecified atom stereocenters. The molecule has 1 aromatic heterocycles. The lowest BCUT2D eigenvalue weighted by molar-refractivity contribution is -0.143. The van der Waals surface area contributed by atoms with E-state index in [9.17, 15) is 4.79 Å². The van der Waals surface area contributed by atoms with Gasteiger partial charge in [-0.05, 0) is 32.8 Å². The van der Waals surface area contributed by atoms with Crippen molar-refractivity contribution >= 4 is 11.8 Å². The van der Waals surface area contributed by atoms with E-state index in [-0.39, 0.29) is 12.0 Å². The number of carbonyl (C=O) groups is 1. The first-order chi connectivity index (χ1) is 8.69. The molecule has 1 aliphatic rings. The van der Waals surface area contributed by atoms with E-state index in [0.717, 1.165) is 11.6 Å². The number of rotatable bonds is 6. The van der Waals surface area contributed by atoms with Crippen LogP contribution < -0.4 is 5.32 Å². The minimum atomic E-state index is -0.186. The van der Waals surface area contributed by atoms with E-state index in [1.54, 1.807) is 6.20 Å². The summed E-state index contributed by atoms with van der Waals surface area (Å²) in [6, 6.07) is 1.83. The quantitative estimate of drug-likeness (QED) is 0.782.